The van der Waals surface area contributed by atoms with E-state index in [1.54, 1.807) is 23.5 Å². The summed E-state index contributed by atoms with van der Waals surface area (Å²) in [7, 11) is 0. The van der Waals surface area contributed by atoms with E-state index in [4.69, 9.17) is 9.78 Å². The van der Waals surface area contributed by atoms with Crippen molar-refractivity contribution < 1.29 is 9.78 Å². The third-order valence-electron chi connectivity index (χ3n) is 1.58. The van der Waals surface area contributed by atoms with Crippen molar-refractivity contribution in [3.8, 4) is 0 Å². The molecule has 2 rings (SSSR count). The van der Waals surface area contributed by atoms with Crippen LogP contribution in [0.3, 0.4) is 0 Å². The van der Waals surface area contributed by atoms with Gasteiger partial charge in [0.2, 0.25) is 0 Å². The monoisotopic (exact) mass is 202 g/mol. The van der Waals surface area contributed by atoms with Crippen molar-refractivity contribution in [1.82, 2.24) is 0 Å². The molecule has 0 aromatic carbocycles. The summed E-state index contributed by atoms with van der Waals surface area (Å²) < 4.78 is 0. The molecular weight excluding hydrogens is 192 g/mol. The van der Waals surface area contributed by atoms with Gasteiger partial charge in [0.25, 0.3) is 0 Å². The van der Waals surface area contributed by atoms with E-state index in [0.29, 0.717) is 0 Å². The van der Waals surface area contributed by atoms with E-state index in [1.807, 2.05) is 10.8 Å². The van der Waals surface area contributed by atoms with Gasteiger partial charge in [0.05, 0.1) is 0 Å². The van der Waals surface area contributed by atoms with Crippen LogP contribution in [0.25, 0.3) is 0 Å². The van der Waals surface area contributed by atoms with E-state index < -0.39 is 0 Å². The lowest BCUT2D eigenvalue weighted by Gasteiger charge is -2.12. The van der Waals surface area contributed by atoms with Gasteiger partial charge in [0.1, 0.15) is 10.9 Å². The molecule has 2 atom stereocenters. The van der Waals surface area contributed by atoms with E-state index in [1.165, 1.54) is 0 Å². The lowest BCUT2D eigenvalue weighted by atomic mass is 10.5. The number of rotatable bonds is 3. The molecule has 2 aliphatic rings. The van der Waals surface area contributed by atoms with Crippen LogP contribution in [0.1, 0.15) is 12.8 Å². The van der Waals surface area contributed by atoms with Crippen molar-refractivity contribution in [3.05, 3.63) is 23.0 Å². The number of hydrogen-bond donors (Lipinski definition) is 0. The van der Waals surface area contributed by atoms with Crippen LogP contribution in [0, 0.1) is 0 Å². The first kappa shape index (κ1) is 8.69. The van der Waals surface area contributed by atoms with Crippen LogP contribution in [0.4, 0.5) is 0 Å². The molecule has 2 nitrogen and oxygen atoms in total. The molecule has 0 bridgehead atoms. The fourth-order valence-electron chi connectivity index (χ4n) is 0.979. The van der Waals surface area contributed by atoms with Gasteiger partial charge >= 0.3 is 0 Å². The van der Waals surface area contributed by atoms with Gasteiger partial charge in [-0.05, 0) is 10.8 Å². The third-order valence-corrected chi connectivity index (χ3v) is 3.43. The average molecular weight is 202 g/mol. The molecule has 0 N–H and O–H groups in total. The Balaban J connectivity index is 1.62. The van der Waals surface area contributed by atoms with Crippen molar-refractivity contribution in [1.29, 1.82) is 0 Å². The van der Waals surface area contributed by atoms with Gasteiger partial charge in [0.15, 0.2) is 0 Å². The molecule has 2 aliphatic heterocycles. The molecule has 0 aromatic heterocycles. The molecule has 0 radical (unpaired) electrons. The standard InChI is InChI=1S/C8H10O2S2/c1-3-7(11-5-1)9-10-8-4-2-6-12-8/h1-2,5-8H,3-4H2. The molecular formula is C8H10O2S2. The van der Waals surface area contributed by atoms with Gasteiger partial charge in [-0.25, -0.2) is 9.78 Å². The molecule has 0 fully saturated rings. The summed E-state index contributed by atoms with van der Waals surface area (Å²) in [6.07, 6.45) is 6.10. The highest BCUT2D eigenvalue weighted by atomic mass is 32.2. The zero-order valence-electron chi connectivity index (χ0n) is 6.51. The highest BCUT2D eigenvalue weighted by Crippen LogP contribution is 2.29. The lowest BCUT2D eigenvalue weighted by molar-refractivity contribution is -0.311. The van der Waals surface area contributed by atoms with E-state index >= 15 is 0 Å². The summed E-state index contributed by atoms with van der Waals surface area (Å²) in [5, 5.41) is 4.10. The van der Waals surface area contributed by atoms with Gasteiger partial charge < -0.3 is 0 Å². The minimum atomic E-state index is 0.172. The fourth-order valence-corrected chi connectivity index (χ4v) is 2.40. The maximum atomic E-state index is 5.23. The Kier molecular flexibility index (Phi) is 3.16. The molecule has 0 aliphatic carbocycles. The largest absolute Gasteiger partial charge is 0.221 e. The molecule has 0 saturated heterocycles. The van der Waals surface area contributed by atoms with Crippen LogP contribution in [-0.4, -0.2) is 10.9 Å². The first-order valence-electron chi connectivity index (χ1n) is 3.88. The highest BCUT2D eigenvalue weighted by Gasteiger charge is 2.17. The summed E-state index contributed by atoms with van der Waals surface area (Å²) >= 11 is 3.34. The Hall–Kier alpha value is 0.1000. The highest BCUT2D eigenvalue weighted by molar-refractivity contribution is 8.03. The Bertz CT molecular complexity index is 165. The second-order valence-electron chi connectivity index (χ2n) is 2.54. The fraction of sp³-hybridized carbons (Fsp3) is 0.500. The van der Waals surface area contributed by atoms with Gasteiger partial charge in [-0.2, -0.15) is 0 Å². The van der Waals surface area contributed by atoms with Crippen molar-refractivity contribution in [2.75, 3.05) is 0 Å². The molecule has 0 saturated carbocycles. The Morgan fingerprint density at radius 1 is 0.917 bits per heavy atom. The predicted octanol–water partition coefficient (Wildman–Crippen LogP) is 2.89. The Labute approximate surface area is 80.3 Å². The molecule has 0 spiro atoms. The topological polar surface area (TPSA) is 18.5 Å². The molecule has 2 unspecified atom stereocenters. The number of thioether (sulfide) groups is 2. The zero-order valence-corrected chi connectivity index (χ0v) is 8.14. The normalized spacial score (nSPS) is 33.3. The summed E-state index contributed by atoms with van der Waals surface area (Å²) in [4.78, 5) is 10.5. The van der Waals surface area contributed by atoms with Crippen LogP contribution >= 0.6 is 23.5 Å². The smallest absolute Gasteiger partial charge is 0.146 e. The first-order chi connectivity index (χ1) is 5.95. The zero-order chi connectivity index (χ0) is 8.23. The van der Waals surface area contributed by atoms with E-state index in [0.717, 1.165) is 12.8 Å². The maximum absolute atomic E-state index is 5.23. The van der Waals surface area contributed by atoms with Crippen molar-refractivity contribution in [2.45, 2.75) is 23.7 Å². The van der Waals surface area contributed by atoms with E-state index in [9.17, 15) is 0 Å². The number of hydrogen-bond acceptors (Lipinski definition) is 4. The molecule has 66 valence electrons. The minimum absolute atomic E-state index is 0.172. The van der Waals surface area contributed by atoms with Crippen LogP contribution in [0.2, 0.25) is 0 Å². The van der Waals surface area contributed by atoms with Crippen LogP contribution in [0.15, 0.2) is 23.0 Å². The summed E-state index contributed by atoms with van der Waals surface area (Å²) in [6.45, 7) is 0. The predicted molar refractivity (Wildman–Crippen MR) is 52.4 cm³/mol. The molecule has 12 heavy (non-hydrogen) atoms. The third kappa shape index (κ3) is 2.29. The van der Waals surface area contributed by atoms with Gasteiger partial charge in [-0.1, -0.05) is 35.7 Å². The quantitative estimate of drug-likeness (QED) is 0.517. The van der Waals surface area contributed by atoms with Crippen molar-refractivity contribution >= 4 is 23.5 Å². The SMILES string of the molecule is C1=CSC(OOC2CC=CS2)C1. The van der Waals surface area contributed by atoms with Crippen molar-refractivity contribution in [3.63, 3.8) is 0 Å². The van der Waals surface area contributed by atoms with Crippen LogP contribution < -0.4 is 0 Å². The molecule has 2 heterocycles. The van der Waals surface area contributed by atoms with Gasteiger partial charge in [-0.3, -0.25) is 0 Å². The average Bonchev–Trinajstić information content (AvgIpc) is 2.74. The summed E-state index contributed by atoms with van der Waals surface area (Å²) in [5.74, 6) is 0. The molecule has 0 amide bonds. The Morgan fingerprint density at radius 2 is 1.42 bits per heavy atom. The van der Waals surface area contributed by atoms with Crippen LogP contribution in [0.5, 0.6) is 0 Å². The van der Waals surface area contributed by atoms with E-state index in [2.05, 4.69) is 12.2 Å². The second kappa shape index (κ2) is 4.37. The van der Waals surface area contributed by atoms with Crippen molar-refractivity contribution in [2.24, 2.45) is 0 Å². The van der Waals surface area contributed by atoms with Gasteiger partial charge in [-0.15, -0.1) is 0 Å². The lowest BCUT2D eigenvalue weighted by Crippen LogP contribution is -2.11. The Morgan fingerprint density at radius 3 is 1.75 bits per heavy atom. The van der Waals surface area contributed by atoms with Crippen LogP contribution in [-0.2, 0) is 9.78 Å². The summed E-state index contributed by atoms with van der Waals surface area (Å²) in [6, 6.07) is 0. The minimum Gasteiger partial charge on any atom is -0.221 e. The first-order valence-corrected chi connectivity index (χ1v) is 5.77. The molecule has 0 aromatic rings. The maximum Gasteiger partial charge on any atom is 0.146 e. The van der Waals surface area contributed by atoms with Gasteiger partial charge in [0, 0.05) is 12.8 Å². The second-order valence-corrected chi connectivity index (χ2v) is 4.68. The molecule has 4 heteroatoms. The summed E-state index contributed by atoms with van der Waals surface area (Å²) in [5.41, 5.74) is 0.345. The van der Waals surface area contributed by atoms with E-state index in [-0.39, 0.29) is 10.9 Å².